The minimum Gasteiger partial charge on any atom is -0.460 e. The molecule has 16 heteroatoms. The standard InChI is InChI=1S/C64H88N4O12/c1-35-10-20-55(71)67-53-8-7-9-54(66-53)68-56(72)21-11-36(2)46-17-19-48-44-15-13-40-28-42(23-25-62(40,4)50(44)30-52(70)64(46,48)6)80-58(74)34-78-60(76)38-26-37(31-65-32-38)59(75)77-33-57(73)79-41-22-24-61(3)39(27-41)12-14-43-47-18-16-45(35)63(47,5)51(69)29-49(43)61/h7-9,26,31-32,35-36,39-52,69-70H,10-25,27-30,33-34H2,1-6H3,(H2,66,67,68,71,72)/t35-,36-,39-,40-,41-,42-,43+,44+,45-,46-,47+,48+,49+,50+,51+,52+,61+,62+,63-,64-/m1/s1. The van der Waals surface area contributed by atoms with Crippen LogP contribution in [0.15, 0.2) is 36.7 Å². The molecule has 14 aliphatic rings. The van der Waals surface area contributed by atoms with E-state index in [0.717, 1.165) is 77.0 Å². The summed E-state index contributed by atoms with van der Waals surface area (Å²) in [6, 6.07) is 6.55. The number of esters is 4. The molecule has 2 aromatic rings. The van der Waals surface area contributed by atoms with Gasteiger partial charge in [-0.2, -0.15) is 0 Å². The number of ether oxygens (including phenoxy) is 4. The van der Waals surface area contributed by atoms with Gasteiger partial charge in [0.15, 0.2) is 13.2 Å². The van der Waals surface area contributed by atoms with E-state index in [2.05, 4.69) is 62.1 Å². The second-order valence-electron chi connectivity index (χ2n) is 27.8. The van der Waals surface area contributed by atoms with Crippen LogP contribution in [0.5, 0.6) is 0 Å². The minimum absolute atomic E-state index is 0.0133. The quantitative estimate of drug-likeness (QED) is 0.142. The predicted molar refractivity (Wildman–Crippen MR) is 296 cm³/mol. The molecule has 8 heterocycles. The van der Waals surface area contributed by atoms with E-state index in [-0.39, 0.29) is 80.5 Å². The summed E-state index contributed by atoms with van der Waals surface area (Å²) >= 11 is 0. The Morgan fingerprint density at radius 3 is 1.39 bits per heavy atom. The molecule has 16 rings (SSSR count). The van der Waals surface area contributed by atoms with E-state index in [4.69, 9.17) is 18.9 Å². The molecule has 20 atom stereocenters. The normalized spacial score (nSPS) is 43.9. The lowest BCUT2D eigenvalue weighted by Crippen LogP contribution is -2.59. The third kappa shape index (κ3) is 10.4. The van der Waals surface area contributed by atoms with Crippen molar-refractivity contribution in [3.63, 3.8) is 0 Å². The third-order valence-corrected chi connectivity index (χ3v) is 24.4. The summed E-state index contributed by atoms with van der Waals surface area (Å²) in [7, 11) is 0. The van der Waals surface area contributed by atoms with E-state index in [1.165, 1.54) is 18.5 Å². The molecular formula is C64H88N4O12. The van der Waals surface area contributed by atoms with Gasteiger partial charge >= 0.3 is 23.9 Å². The largest absolute Gasteiger partial charge is 0.460 e. The smallest absolute Gasteiger partial charge is 0.344 e. The molecule has 16 nitrogen and oxygen atoms in total. The van der Waals surface area contributed by atoms with Gasteiger partial charge in [-0.25, -0.2) is 24.2 Å². The van der Waals surface area contributed by atoms with Crippen LogP contribution in [0.1, 0.15) is 191 Å². The Balaban J connectivity index is 0.765. The molecule has 8 saturated carbocycles. The van der Waals surface area contributed by atoms with Crippen LogP contribution in [-0.4, -0.2) is 93.5 Å². The van der Waals surface area contributed by atoms with Crippen LogP contribution in [-0.2, 0) is 38.1 Å². The highest BCUT2D eigenvalue weighted by molar-refractivity contribution is 5.96. The molecule has 8 aliphatic carbocycles. The first-order chi connectivity index (χ1) is 38.2. The second kappa shape index (κ2) is 22.3. The number of aliphatic hydroxyl groups is 2. The predicted octanol–water partition coefficient (Wildman–Crippen LogP) is 10.3. The number of anilines is 2. The van der Waals surface area contributed by atoms with Gasteiger partial charge in [0.25, 0.3) is 0 Å². The van der Waals surface area contributed by atoms with E-state index >= 15 is 0 Å². The molecule has 6 aliphatic heterocycles. The van der Waals surface area contributed by atoms with Crippen LogP contribution >= 0.6 is 0 Å². The van der Waals surface area contributed by atoms with Crippen molar-refractivity contribution in [1.82, 2.24) is 9.97 Å². The van der Waals surface area contributed by atoms with E-state index in [1.807, 2.05) is 0 Å². The Hall–Kier alpha value is -4.96. The lowest BCUT2D eigenvalue weighted by Gasteiger charge is -2.62. The number of carbonyl (C=O) groups excluding carboxylic acids is 6. The number of nitrogens with zero attached hydrogens (tertiary/aromatic N) is 2. The Bertz CT molecular complexity index is 2530. The molecule has 8 fully saturated rings. The highest BCUT2D eigenvalue weighted by Gasteiger charge is 2.66. The fraction of sp³-hybridized carbons (Fsp3) is 0.750. The SMILES string of the molecule is C[C@@H]1CCC(=O)Nc2cccc(n2)NC(=O)CC[C@@H](C)[C@H]2CC[C@H]3[C@@H]4CC[C@@H]5C[C@@H](CC[C@]5(C)[C@H]4C[C@H](O)[C@]23C)OC(=O)COC(=O)c2cncc(c2)C(=O)OCC(=O)O[C@@H]2CC[C@@]3(C)[C@H](CC[C@@H]4[C@@H]3C[C@H](O)[C@]3(C)[C@@H]1CC[C@@H]43)C2. The molecule has 20 bridgehead atoms. The maximum Gasteiger partial charge on any atom is 0.344 e. The Kier molecular flexibility index (Phi) is 15.9. The van der Waals surface area contributed by atoms with Crippen molar-refractivity contribution in [2.75, 3.05) is 23.8 Å². The molecule has 0 aromatic carbocycles. The average Bonchev–Trinajstić information content (AvgIpc) is 4.20. The van der Waals surface area contributed by atoms with Gasteiger partial charge in [0.2, 0.25) is 11.8 Å². The maximum absolute atomic E-state index is 13.5. The lowest BCUT2D eigenvalue weighted by molar-refractivity contribution is -0.182. The summed E-state index contributed by atoms with van der Waals surface area (Å²) < 4.78 is 22.6. The van der Waals surface area contributed by atoms with Crippen molar-refractivity contribution in [2.45, 2.75) is 194 Å². The van der Waals surface area contributed by atoms with Gasteiger partial charge in [-0.1, -0.05) is 47.6 Å². The summed E-state index contributed by atoms with van der Waals surface area (Å²) in [6.07, 6.45) is 17.2. The van der Waals surface area contributed by atoms with Crippen molar-refractivity contribution in [3.8, 4) is 0 Å². The lowest BCUT2D eigenvalue weighted by atomic mass is 9.43. The molecule has 2 amide bonds. The van der Waals surface area contributed by atoms with Crippen molar-refractivity contribution >= 4 is 47.3 Å². The first-order valence-corrected chi connectivity index (χ1v) is 30.8. The molecule has 0 spiro atoms. The van der Waals surface area contributed by atoms with Gasteiger partial charge in [-0.05, 0) is 226 Å². The fourth-order valence-electron chi connectivity index (χ4n) is 20.1. The van der Waals surface area contributed by atoms with Crippen LogP contribution < -0.4 is 10.6 Å². The van der Waals surface area contributed by atoms with Crippen molar-refractivity contribution < 1.29 is 57.9 Å². The molecule has 0 radical (unpaired) electrons. The highest BCUT2D eigenvalue weighted by atomic mass is 16.6. The Morgan fingerprint density at radius 1 is 0.525 bits per heavy atom. The summed E-state index contributed by atoms with van der Waals surface area (Å²) in [5.41, 5.74) is -0.651. The zero-order chi connectivity index (χ0) is 56.5. The summed E-state index contributed by atoms with van der Waals surface area (Å²) in [4.78, 5) is 88.5. The molecule has 80 heavy (non-hydrogen) atoms. The van der Waals surface area contributed by atoms with E-state index < -0.39 is 49.3 Å². The van der Waals surface area contributed by atoms with Crippen molar-refractivity contribution in [3.05, 3.63) is 47.8 Å². The number of aliphatic hydroxyl groups excluding tert-OH is 2. The maximum atomic E-state index is 13.5. The van der Waals surface area contributed by atoms with Crippen LogP contribution in [0.3, 0.4) is 0 Å². The Morgan fingerprint density at radius 2 is 0.950 bits per heavy atom. The van der Waals surface area contributed by atoms with Crippen molar-refractivity contribution in [2.24, 2.45) is 92.7 Å². The number of pyridine rings is 2. The molecule has 436 valence electrons. The third-order valence-electron chi connectivity index (χ3n) is 24.4. The van der Waals surface area contributed by atoms with Crippen LogP contribution in [0.25, 0.3) is 0 Å². The number of hydrogen-bond donors (Lipinski definition) is 4. The number of nitrogens with one attached hydrogen (secondary N) is 2. The molecule has 0 saturated heterocycles. The van der Waals surface area contributed by atoms with Gasteiger partial charge in [-0.3, -0.25) is 14.6 Å². The fourth-order valence-corrected chi connectivity index (χ4v) is 20.1. The molecule has 2 aromatic heterocycles. The number of carbonyl (C=O) groups is 6. The Labute approximate surface area is 472 Å². The highest BCUT2D eigenvalue weighted by Crippen LogP contribution is 2.70. The van der Waals surface area contributed by atoms with E-state index in [1.54, 1.807) is 18.2 Å². The first kappa shape index (κ1) is 56.9. The monoisotopic (exact) mass is 1100 g/mol. The van der Waals surface area contributed by atoms with E-state index in [9.17, 15) is 39.0 Å². The molecule has 4 N–H and O–H groups in total. The van der Waals surface area contributed by atoms with Gasteiger partial charge in [0.1, 0.15) is 23.8 Å². The van der Waals surface area contributed by atoms with E-state index in [0.29, 0.717) is 110 Å². The van der Waals surface area contributed by atoms with Crippen LogP contribution in [0.2, 0.25) is 0 Å². The zero-order valence-electron chi connectivity index (χ0n) is 48.1. The number of aromatic nitrogens is 2. The van der Waals surface area contributed by atoms with Crippen LogP contribution in [0, 0.1) is 92.7 Å². The molecular weight excluding hydrogens is 1020 g/mol. The zero-order valence-corrected chi connectivity index (χ0v) is 48.1. The topological polar surface area (TPSA) is 230 Å². The number of rotatable bonds is 0. The summed E-state index contributed by atoms with van der Waals surface area (Å²) in [5.74, 6) is 1.58. The van der Waals surface area contributed by atoms with Gasteiger partial charge in [0.05, 0.1) is 23.3 Å². The minimum atomic E-state index is -0.853. The van der Waals surface area contributed by atoms with Crippen LogP contribution in [0.4, 0.5) is 11.6 Å². The second-order valence-corrected chi connectivity index (χ2v) is 27.8. The van der Waals surface area contributed by atoms with Crippen molar-refractivity contribution in [1.29, 1.82) is 0 Å². The number of hydrogen-bond acceptors (Lipinski definition) is 14. The van der Waals surface area contributed by atoms with Gasteiger partial charge < -0.3 is 39.8 Å². The average molecular weight is 1110 g/mol. The first-order valence-electron chi connectivity index (χ1n) is 30.8. The number of amides is 2. The van der Waals surface area contributed by atoms with Gasteiger partial charge in [0, 0.05) is 25.2 Å². The summed E-state index contributed by atoms with van der Waals surface area (Å²) in [6.45, 7) is 12.7. The van der Waals surface area contributed by atoms with Gasteiger partial charge in [-0.15, -0.1) is 0 Å². The summed E-state index contributed by atoms with van der Waals surface area (Å²) in [5, 5.41) is 30.5. The molecule has 0 unspecified atom stereocenters.